The van der Waals surface area contributed by atoms with Gasteiger partial charge in [-0.3, -0.25) is 10.1 Å². The van der Waals surface area contributed by atoms with E-state index >= 15 is 0 Å². The van der Waals surface area contributed by atoms with E-state index in [2.05, 4.69) is 38.2 Å². The van der Waals surface area contributed by atoms with Gasteiger partial charge in [-0.05, 0) is 37.2 Å². The number of nitrogens with zero attached hydrogens (tertiary/aromatic N) is 2. The quantitative estimate of drug-likeness (QED) is 0.907. The molecule has 1 aromatic rings. The van der Waals surface area contributed by atoms with E-state index in [-0.39, 0.29) is 17.5 Å². The molecule has 1 aliphatic rings. The van der Waals surface area contributed by atoms with Crippen molar-refractivity contribution in [2.45, 2.75) is 20.0 Å². The van der Waals surface area contributed by atoms with Crippen LogP contribution in [-0.2, 0) is 4.79 Å². The Hall–Kier alpha value is -1.10. The number of carbonyl (C=O) groups is 1. The van der Waals surface area contributed by atoms with Gasteiger partial charge in [0.15, 0.2) is 0 Å². The molecule has 1 amide bonds. The third-order valence-electron chi connectivity index (χ3n) is 3.59. The standard InChI is InChI=1S/C16H24ClN3O/c1-16(2,10-19(3)4)11-20-14(21)9-18-15(20)12-6-5-7-13(17)8-12/h5-8,15,18H,9-11H2,1-4H3. The van der Waals surface area contributed by atoms with Crippen molar-refractivity contribution in [3.63, 3.8) is 0 Å². The van der Waals surface area contributed by atoms with Crippen molar-refractivity contribution in [3.8, 4) is 0 Å². The topological polar surface area (TPSA) is 35.6 Å². The van der Waals surface area contributed by atoms with Crippen LogP contribution in [0.5, 0.6) is 0 Å². The third kappa shape index (κ3) is 4.19. The monoisotopic (exact) mass is 309 g/mol. The zero-order valence-electron chi connectivity index (χ0n) is 13.2. The van der Waals surface area contributed by atoms with E-state index < -0.39 is 0 Å². The first-order chi connectivity index (χ1) is 9.78. The van der Waals surface area contributed by atoms with Crippen LogP contribution in [0.3, 0.4) is 0 Å². The number of rotatable bonds is 5. The molecule has 1 fully saturated rings. The molecule has 1 aromatic carbocycles. The van der Waals surface area contributed by atoms with E-state index in [1.54, 1.807) is 0 Å². The lowest BCUT2D eigenvalue weighted by Gasteiger charge is -2.35. The molecule has 2 rings (SSSR count). The van der Waals surface area contributed by atoms with Gasteiger partial charge in [0.2, 0.25) is 5.91 Å². The molecule has 1 saturated heterocycles. The molecule has 1 heterocycles. The van der Waals surface area contributed by atoms with Crippen molar-refractivity contribution in [2.24, 2.45) is 5.41 Å². The van der Waals surface area contributed by atoms with Crippen LogP contribution in [0.15, 0.2) is 24.3 Å². The molecule has 1 N–H and O–H groups in total. The van der Waals surface area contributed by atoms with Crippen molar-refractivity contribution in [1.29, 1.82) is 0 Å². The van der Waals surface area contributed by atoms with Gasteiger partial charge in [-0.1, -0.05) is 37.6 Å². The molecule has 0 aromatic heterocycles. The Kier molecular flexibility index (Phi) is 4.91. The van der Waals surface area contributed by atoms with E-state index in [9.17, 15) is 4.79 Å². The van der Waals surface area contributed by atoms with Gasteiger partial charge in [0.05, 0.1) is 6.54 Å². The number of hydrogen-bond acceptors (Lipinski definition) is 3. The fourth-order valence-corrected chi connectivity index (χ4v) is 3.26. The van der Waals surface area contributed by atoms with Crippen LogP contribution in [0.1, 0.15) is 25.6 Å². The van der Waals surface area contributed by atoms with Gasteiger partial charge in [-0.2, -0.15) is 0 Å². The molecule has 5 heteroatoms. The van der Waals surface area contributed by atoms with E-state index in [4.69, 9.17) is 11.6 Å². The SMILES string of the molecule is CN(C)CC(C)(C)CN1C(=O)CNC1c1cccc(Cl)c1. The predicted molar refractivity (Wildman–Crippen MR) is 86.2 cm³/mol. The van der Waals surface area contributed by atoms with Gasteiger partial charge in [0, 0.05) is 18.1 Å². The van der Waals surface area contributed by atoms with Crippen LogP contribution < -0.4 is 5.32 Å². The Bertz CT molecular complexity index is 516. The molecule has 1 atom stereocenters. The van der Waals surface area contributed by atoms with Crippen molar-refractivity contribution in [1.82, 2.24) is 15.1 Å². The molecule has 0 spiro atoms. The average Bonchev–Trinajstić information content (AvgIpc) is 2.69. The number of amides is 1. The Morgan fingerprint density at radius 2 is 2.14 bits per heavy atom. The fraction of sp³-hybridized carbons (Fsp3) is 0.562. The molecule has 4 nitrogen and oxygen atoms in total. The van der Waals surface area contributed by atoms with Crippen molar-refractivity contribution in [2.75, 3.05) is 33.7 Å². The number of nitrogens with one attached hydrogen (secondary N) is 1. The molecular weight excluding hydrogens is 286 g/mol. The van der Waals surface area contributed by atoms with Gasteiger partial charge >= 0.3 is 0 Å². The van der Waals surface area contributed by atoms with Crippen LogP contribution in [0.4, 0.5) is 0 Å². The second-order valence-corrected chi connectivity index (χ2v) is 7.20. The molecule has 116 valence electrons. The minimum atomic E-state index is -0.0855. The fourth-order valence-electron chi connectivity index (χ4n) is 3.06. The first-order valence-corrected chi connectivity index (χ1v) is 7.59. The maximum Gasteiger partial charge on any atom is 0.238 e. The second-order valence-electron chi connectivity index (χ2n) is 6.76. The Balaban J connectivity index is 2.17. The summed E-state index contributed by atoms with van der Waals surface area (Å²) in [5.74, 6) is 0.145. The van der Waals surface area contributed by atoms with Crippen LogP contribution in [-0.4, -0.2) is 49.4 Å². The van der Waals surface area contributed by atoms with Crippen LogP contribution in [0.2, 0.25) is 5.02 Å². The molecule has 0 radical (unpaired) electrons. The highest BCUT2D eigenvalue weighted by molar-refractivity contribution is 6.30. The predicted octanol–water partition coefficient (Wildman–Crippen LogP) is 2.36. The molecule has 21 heavy (non-hydrogen) atoms. The molecular formula is C16H24ClN3O. The largest absolute Gasteiger partial charge is 0.321 e. The molecule has 0 aliphatic carbocycles. The first-order valence-electron chi connectivity index (χ1n) is 7.21. The molecule has 1 aliphatic heterocycles. The van der Waals surface area contributed by atoms with Crippen LogP contribution >= 0.6 is 11.6 Å². The number of hydrogen-bond donors (Lipinski definition) is 1. The van der Waals surface area contributed by atoms with Crippen molar-refractivity contribution < 1.29 is 4.79 Å². The molecule has 1 unspecified atom stereocenters. The summed E-state index contributed by atoms with van der Waals surface area (Å²) in [5, 5.41) is 3.98. The zero-order valence-corrected chi connectivity index (χ0v) is 13.9. The summed E-state index contributed by atoms with van der Waals surface area (Å²) in [6, 6.07) is 7.70. The second kappa shape index (κ2) is 6.34. The zero-order chi connectivity index (χ0) is 15.6. The highest BCUT2D eigenvalue weighted by Crippen LogP contribution is 2.28. The van der Waals surface area contributed by atoms with Gasteiger partial charge in [0.25, 0.3) is 0 Å². The minimum absolute atomic E-state index is 0.0298. The van der Waals surface area contributed by atoms with Gasteiger partial charge in [0.1, 0.15) is 6.17 Å². The third-order valence-corrected chi connectivity index (χ3v) is 3.82. The average molecular weight is 310 g/mol. The lowest BCUT2D eigenvalue weighted by atomic mass is 9.91. The Morgan fingerprint density at radius 3 is 2.76 bits per heavy atom. The maximum atomic E-state index is 12.2. The first kappa shape index (κ1) is 16.3. The summed E-state index contributed by atoms with van der Waals surface area (Å²) >= 11 is 6.07. The minimum Gasteiger partial charge on any atom is -0.321 e. The van der Waals surface area contributed by atoms with Gasteiger partial charge in [-0.25, -0.2) is 0 Å². The summed E-state index contributed by atoms with van der Waals surface area (Å²) in [4.78, 5) is 16.3. The smallest absolute Gasteiger partial charge is 0.238 e. The number of carbonyl (C=O) groups excluding carboxylic acids is 1. The van der Waals surface area contributed by atoms with Gasteiger partial charge < -0.3 is 9.80 Å². The van der Waals surface area contributed by atoms with Crippen molar-refractivity contribution in [3.05, 3.63) is 34.9 Å². The summed E-state index contributed by atoms with van der Waals surface area (Å²) < 4.78 is 0. The van der Waals surface area contributed by atoms with E-state index in [1.165, 1.54) is 0 Å². The molecule has 0 bridgehead atoms. The summed E-state index contributed by atoms with van der Waals surface area (Å²) in [6.45, 7) is 6.41. The maximum absolute atomic E-state index is 12.2. The van der Waals surface area contributed by atoms with E-state index in [0.29, 0.717) is 18.1 Å². The van der Waals surface area contributed by atoms with E-state index in [0.717, 1.165) is 12.1 Å². The van der Waals surface area contributed by atoms with Crippen LogP contribution in [0.25, 0.3) is 0 Å². The van der Waals surface area contributed by atoms with Crippen molar-refractivity contribution >= 4 is 17.5 Å². The highest BCUT2D eigenvalue weighted by atomic mass is 35.5. The number of benzene rings is 1. The van der Waals surface area contributed by atoms with Gasteiger partial charge in [-0.15, -0.1) is 0 Å². The van der Waals surface area contributed by atoms with Crippen LogP contribution in [0, 0.1) is 5.41 Å². The lowest BCUT2D eigenvalue weighted by molar-refractivity contribution is -0.129. The highest BCUT2D eigenvalue weighted by Gasteiger charge is 2.35. The number of halogens is 1. The Morgan fingerprint density at radius 1 is 1.43 bits per heavy atom. The molecule has 0 saturated carbocycles. The lowest BCUT2D eigenvalue weighted by Crippen LogP contribution is -2.42. The summed E-state index contributed by atoms with van der Waals surface area (Å²) in [5.41, 5.74) is 1.07. The normalized spacial score (nSPS) is 19.6. The Labute approximate surface area is 132 Å². The summed E-state index contributed by atoms with van der Waals surface area (Å²) in [7, 11) is 4.11. The van der Waals surface area contributed by atoms with E-state index in [1.807, 2.05) is 29.2 Å². The summed E-state index contributed by atoms with van der Waals surface area (Å²) in [6.07, 6.45) is -0.0855.